The molecule has 1 fully saturated rings. The molecule has 0 amide bonds. The summed E-state index contributed by atoms with van der Waals surface area (Å²) in [6.07, 6.45) is 0. The molecule has 3 heteroatoms. The van der Waals surface area contributed by atoms with Gasteiger partial charge in [0.15, 0.2) is 0 Å². The van der Waals surface area contributed by atoms with Crippen LogP contribution in [0.1, 0.15) is 5.56 Å². The van der Waals surface area contributed by atoms with Gasteiger partial charge in [0.05, 0.1) is 7.05 Å². The van der Waals surface area contributed by atoms with E-state index < -0.39 is 0 Å². The Balaban J connectivity index is 1.70. The predicted molar refractivity (Wildman–Crippen MR) is 88.0 cm³/mol. The second-order valence-corrected chi connectivity index (χ2v) is 7.02. The van der Waals surface area contributed by atoms with E-state index in [4.69, 9.17) is 0 Å². The second kappa shape index (κ2) is 7.12. The summed E-state index contributed by atoms with van der Waals surface area (Å²) in [7, 11) is 2.30. The molecule has 0 aromatic heterocycles. The van der Waals surface area contributed by atoms with Crippen LogP contribution >= 0.6 is 11.8 Å². The zero-order valence-corrected chi connectivity index (χ0v) is 13.5. The minimum Gasteiger partial charge on any atom is -0.328 e. The molecule has 1 heterocycles. The first-order chi connectivity index (χ1) is 10.3. The molecule has 0 saturated carbocycles. The molecule has 2 aromatic rings. The van der Waals surface area contributed by atoms with Gasteiger partial charge in [-0.05, 0) is 18.2 Å². The normalized spacial score (nSPS) is 22.1. The highest BCUT2D eigenvalue weighted by Crippen LogP contribution is 2.29. The van der Waals surface area contributed by atoms with Gasteiger partial charge in [0.1, 0.15) is 32.7 Å². The molecule has 0 spiro atoms. The molecule has 3 rings (SSSR count). The van der Waals surface area contributed by atoms with Crippen molar-refractivity contribution in [2.75, 3.05) is 33.2 Å². The standard InChI is InChI=1S/C18H22N2S/c1-19-11-13-20(14-12-19)15-16-7-5-6-10-18(16)21-17-8-3-2-4-9-17/h2-10H,11-15H2,1H3/p+2. The van der Waals surface area contributed by atoms with E-state index in [0.29, 0.717) is 0 Å². The second-order valence-electron chi connectivity index (χ2n) is 5.91. The number of benzene rings is 2. The van der Waals surface area contributed by atoms with Crippen LogP contribution in [0.15, 0.2) is 64.4 Å². The molecule has 110 valence electrons. The Morgan fingerprint density at radius 1 is 0.857 bits per heavy atom. The Bertz CT molecular complexity index is 562. The molecular formula is C18H24N2S+2. The van der Waals surface area contributed by atoms with E-state index in [1.54, 1.807) is 9.80 Å². The van der Waals surface area contributed by atoms with Gasteiger partial charge < -0.3 is 9.80 Å². The van der Waals surface area contributed by atoms with Crippen LogP contribution in [-0.4, -0.2) is 33.2 Å². The Kier molecular flexibility index (Phi) is 4.96. The average Bonchev–Trinajstić information content (AvgIpc) is 2.52. The van der Waals surface area contributed by atoms with Gasteiger partial charge in [-0.15, -0.1) is 0 Å². The molecule has 0 unspecified atom stereocenters. The van der Waals surface area contributed by atoms with E-state index >= 15 is 0 Å². The van der Waals surface area contributed by atoms with Crippen LogP contribution in [-0.2, 0) is 6.54 Å². The first-order valence-electron chi connectivity index (χ1n) is 7.77. The summed E-state index contributed by atoms with van der Waals surface area (Å²) in [6.45, 7) is 6.32. The van der Waals surface area contributed by atoms with Crippen LogP contribution in [0.4, 0.5) is 0 Å². The molecule has 1 aliphatic rings. The largest absolute Gasteiger partial charge is 0.328 e. The summed E-state index contributed by atoms with van der Waals surface area (Å²) in [5.41, 5.74) is 1.49. The van der Waals surface area contributed by atoms with Gasteiger partial charge in [-0.25, -0.2) is 0 Å². The number of quaternary nitrogens is 2. The maximum Gasteiger partial charge on any atom is 0.127 e. The Hall–Kier alpha value is -1.29. The molecule has 0 atom stereocenters. The van der Waals surface area contributed by atoms with Crippen LogP contribution in [0, 0.1) is 0 Å². The fraction of sp³-hybridized carbons (Fsp3) is 0.333. The van der Waals surface area contributed by atoms with Crippen LogP contribution in [0.25, 0.3) is 0 Å². The lowest BCUT2D eigenvalue weighted by atomic mass is 10.2. The fourth-order valence-corrected chi connectivity index (χ4v) is 3.81. The van der Waals surface area contributed by atoms with Crippen molar-refractivity contribution in [1.82, 2.24) is 0 Å². The van der Waals surface area contributed by atoms with Crippen LogP contribution < -0.4 is 9.80 Å². The van der Waals surface area contributed by atoms with Crippen LogP contribution in [0.3, 0.4) is 0 Å². The Labute approximate surface area is 131 Å². The van der Waals surface area contributed by atoms with Crippen molar-refractivity contribution in [3.63, 3.8) is 0 Å². The summed E-state index contributed by atoms with van der Waals surface area (Å²) in [4.78, 5) is 6.12. The maximum absolute atomic E-state index is 2.30. The van der Waals surface area contributed by atoms with Crippen molar-refractivity contribution in [2.45, 2.75) is 16.3 Å². The third-order valence-corrected chi connectivity index (χ3v) is 5.32. The Morgan fingerprint density at radius 3 is 2.29 bits per heavy atom. The lowest BCUT2D eigenvalue weighted by Crippen LogP contribution is -3.26. The van der Waals surface area contributed by atoms with Gasteiger partial charge in [-0.1, -0.05) is 48.2 Å². The van der Waals surface area contributed by atoms with E-state index in [-0.39, 0.29) is 0 Å². The summed E-state index contributed by atoms with van der Waals surface area (Å²) in [5.74, 6) is 0. The van der Waals surface area contributed by atoms with Crippen molar-refractivity contribution in [3.05, 3.63) is 60.2 Å². The highest BCUT2D eigenvalue weighted by Gasteiger charge is 2.20. The van der Waals surface area contributed by atoms with Crippen molar-refractivity contribution in [3.8, 4) is 0 Å². The van der Waals surface area contributed by atoms with E-state index in [0.717, 1.165) is 6.54 Å². The van der Waals surface area contributed by atoms with E-state index in [1.165, 1.54) is 41.5 Å². The molecule has 0 bridgehead atoms. The van der Waals surface area contributed by atoms with E-state index in [1.807, 2.05) is 11.8 Å². The first-order valence-corrected chi connectivity index (χ1v) is 8.58. The van der Waals surface area contributed by atoms with E-state index in [9.17, 15) is 0 Å². The van der Waals surface area contributed by atoms with Gasteiger partial charge >= 0.3 is 0 Å². The van der Waals surface area contributed by atoms with Gasteiger partial charge in [0.25, 0.3) is 0 Å². The smallest absolute Gasteiger partial charge is 0.127 e. The average molecular weight is 300 g/mol. The summed E-state index contributed by atoms with van der Waals surface area (Å²) in [6, 6.07) is 19.5. The number of piperazine rings is 1. The third-order valence-electron chi connectivity index (χ3n) is 4.19. The zero-order valence-electron chi connectivity index (χ0n) is 12.6. The molecule has 2 N–H and O–H groups in total. The highest BCUT2D eigenvalue weighted by molar-refractivity contribution is 7.99. The number of rotatable bonds is 4. The fourth-order valence-electron chi connectivity index (χ4n) is 2.84. The Morgan fingerprint density at radius 2 is 1.52 bits per heavy atom. The molecule has 21 heavy (non-hydrogen) atoms. The van der Waals surface area contributed by atoms with Gasteiger partial charge in [0, 0.05) is 15.4 Å². The first kappa shape index (κ1) is 14.6. The number of likely N-dealkylation sites (N-methyl/N-ethyl adjacent to an activating group) is 1. The minimum atomic E-state index is 1.16. The highest BCUT2D eigenvalue weighted by atomic mass is 32.2. The van der Waals surface area contributed by atoms with Crippen molar-refractivity contribution >= 4 is 11.8 Å². The van der Waals surface area contributed by atoms with Crippen molar-refractivity contribution in [2.24, 2.45) is 0 Å². The van der Waals surface area contributed by atoms with Gasteiger partial charge in [-0.3, -0.25) is 0 Å². The SMILES string of the molecule is C[NH+]1CC[NH+](Cc2ccccc2Sc2ccccc2)CC1. The predicted octanol–water partition coefficient (Wildman–Crippen LogP) is 0.751. The quantitative estimate of drug-likeness (QED) is 0.847. The van der Waals surface area contributed by atoms with Crippen molar-refractivity contribution in [1.29, 1.82) is 0 Å². The summed E-state index contributed by atoms with van der Waals surface area (Å²) in [5, 5.41) is 0. The molecule has 0 aliphatic carbocycles. The van der Waals surface area contributed by atoms with Crippen LogP contribution in [0.5, 0.6) is 0 Å². The van der Waals surface area contributed by atoms with Gasteiger partial charge in [-0.2, -0.15) is 0 Å². The molecular weight excluding hydrogens is 276 g/mol. The third kappa shape index (κ3) is 4.10. The van der Waals surface area contributed by atoms with E-state index in [2.05, 4.69) is 61.6 Å². The van der Waals surface area contributed by atoms with Gasteiger partial charge in [0.2, 0.25) is 0 Å². The number of nitrogens with one attached hydrogen (secondary N) is 2. The van der Waals surface area contributed by atoms with Crippen LogP contribution in [0.2, 0.25) is 0 Å². The zero-order chi connectivity index (χ0) is 14.5. The number of hydrogen-bond acceptors (Lipinski definition) is 1. The lowest BCUT2D eigenvalue weighted by molar-refractivity contribution is -1.01. The lowest BCUT2D eigenvalue weighted by Gasteiger charge is -2.27. The van der Waals surface area contributed by atoms with Crippen molar-refractivity contribution < 1.29 is 9.80 Å². The minimum absolute atomic E-state index is 1.16. The number of hydrogen-bond donors (Lipinski definition) is 2. The molecule has 1 saturated heterocycles. The monoisotopic (exact) mass is 300 g/mol. The molecule has 1 aliphatic heterocycles. The molecule has 0 radical (unpaired) electrons. The summed E-state index contributed by atoms with van der Waals surface area (Å²) < 4.78 is 0. The molecule has 2 nitrogen and oxygen atoms in total. The topological polar surface area (TPSA) is 8.88 Å². The molecule has 2 aromatic carbocycles. The maximum atomic E-state index is 2.30. The summed E-state index contributed by atoms with van der Waals surface area (Å²) >= 11 is 1.88.